The lowest BCUT2D eigenvalue weighted by molar-refractivity contribution is -0.144. The summed E-state index contributed by atoms with van der Waals surface area (Å²) in [7, 11) is 0. The maximum Gasteiger partial charge on any atom is 0.416 e. The van der Waals surface area contributed by atoms with Crippen LogP contribution in [0.15, 0.2) is 24.3 Å². The molecule has 1 aliphatic rings. The van der Waals surface area contributed by atoms with Gasteiger partial charge in [0.05, 0.1) is 18.7 Å². The predicted molar refractivity (Wildman–Crippen MR) is 91.2 cm³/mol. The predicted octanol–water partition coefficient (Wildman–Crippen LogP) is 2.18. The van der Waals surface area contributed by atoms with Crippen LogP contribution in [-0.4, -0.2) is 67.6 Å². The zero-order chi connectivity index (χ0) is 19.9. The summed E-state index contributed by atoms with van der Waals surface area (Å²) in [6.07, 6.45) is -3.77. The van der Waals surface area contributed by atoms with Crippen LogP contribution in [0.4, 0.5) is 13.2 Å². The van der Waals surface area contributed by atoms with E-state index in [0.717, 1.165) is 12.1 Å². The van der Waals surface area contributed by atoms with Crippen LogP contribution >= 0.6 is 0 Å². The second-order valence-corrected chi connectivity index (χ2v) is 6.13. The number of alkyl halides is 3. The van der Waals surface area contributed by atoms with E-state index >= 15 is 0 Å². The molecule has 1 aromatic carbocycles. The van der Waals surface area contributed by atoms with Crippen molar-refractivity contribution in [2.75, 3.05) is 45.9 Å². The van der Waals surface area contributed by atoms with Crippen LogP contribution in [0.3, 0.4) is 0 Å². The first-order valence-electron chi connectivity index (χ1n) is 8.75. The molecule has 1 amide bonds. The van der Waals surface area contributed by atoms with Crippen molar-refractivity contribution in [2.45, 2.75) is 19.5 Å². The van der Waals surface area contributed by atoms with Crippen LogP contribution < -0.4 is 4.74 Å². The van der Waals surface area contributed by atoms with E-state index in [1.165, 1.54) is 12.1 Å². The monoisotopic (exact) mass is 388 g/mol. The molecule has 0 unspecified atom stereocenters. The molecule has 1 aliphatic heterocycles. The molecule has 2 rings (SSSR count). The van der Waals surface area contributed by atoms with Crippen molar-refractivity contribution in [3.8, 4) is 5.75 Å². The van der Waals surface area contributed by atoms with Crippen molar-refractivity contribution in [3.63, 3.8) is 0 Å². The van der Waals surface area contributed by atoms with E-state index in [4.69, 9.17) is 9.47 Å². The largest absolute Gasteiger partial charge is 0.484 e. The molecule has 0 bridgehead atoms. The Morgan fingerprint density at radius 3 is 2.63 bits per heavy atom. The Morgan fingerprint density at radius 2 is 1.93 bits per heavy atom. The molecule has 9 heteroatoms. The minimum absolute atomic E-state index is 0.00284. The van der Waals surface area contributed by atoms with Gasteiger partial charge in [0.25, 0.3) is 5.91 Å². The van der Waals surface area contributed by atoms with Gasteiger partial charge in [-0.2, -0.15) is 13.2 Å². The van der Waals surface area contributed by atoms with Crippen LogP contribution in [0.1, 0.15) is 18.9 Å². The molecule has 150 valence electrons. The molecule has 1 fully saturated rings. The Morgan fingerprint density at radius 1 is 1.15 bits per heavy atom. The fourth-order valence-corrected chi connectivity index (χ4v) is 2.77. The third-order valence-electron chi connectivity index (χ3n) is 4.12. The molecular weight excluding hydrogens is 365 g/mol. The smallest absolute Gasteiger partial charge is 0.416 e. The Hall–Kier alpha value is -2.29. The van der Waals surface area contributed by atoms with Crippen molar-refractivity contribution in [1.29, 1.82) is 0 Å². The van der Waals surface area contributed by atoms with Crippen molar-refractivity contribution in [3.05, 3.63) is 29.8 Å². The Bertz CT molecular complexity index is 652. The van der Waals surface area contributed by atoms with Gasteiger partial charge in [-0.3, -0.25) is 14.5 Å². The summed E-state index contributed by atoms with van der Waals surface area (Å²) < 4.78 is 48.3. The Kier molecular flexibility index (Phi) is 7.46. The molecule has 0 radical (unpaired) electrons. The number of carbonyl (C=O) groups excluding carboxylic acids is 2. The van der Waals surface area contributed by atoms with Gasteiger partial charge in [-0.05, 0) is 31.5 Å². The van der Waals surface area contributed by atoms with E-state index in [1.54, 1.807) is 11.8 Å². The number of hydrogen-bond donors (Lipinski definition) is 0. The highest BCUT2D eigenvalue weighted by Gasteiger charge is 2.30. The highest BCUT2D eigenvalue weighted by atomic mass is 19.4. The minimum Gasteiger partial charge on any atom is -0.484 e. The summed E-state index contributed by atoms with van der Waals surface area (Å²) in [4.78, 5) is 27.4. The van der Waals surface area contributed by atoms with Crippen molar-refractivity contribution >= 4 is 11.9 Å². The van der Waals surface area contributed by atoms with Gasteiger partial charge >= 0.3 is 12.1 Å². The number of ether oxygens (including phenoxy) is 2. The normalized spacial score (nSPS) is 15.9. The lowest BCUT2D eigenvalue weighted by Gasteiger charge is -2.21. The van der Waals surface area contributed by atoms with Gasteiger partial charge in [-0.15, -0.1) is 0 Å². The molecule has 6 nitrogen and oxygen atoms in total. The zero-order valence-corrected chi connectivity index (χ0v) is 15.1. The third-order valence-corrected chi connectivity index (χ3v) is 4.12. The summed E-state index contributed by atoms with van der Waals surface area (Å²) in [6.45, 7) is 4.02. The summed E-state index contributed by atoms with van der Waals surface area (Å²) in [6, 6.07) is 4.44. The van der Waals surface area contributed by atoms with Crippen LogP contribution in [0.25, 0.3) is 0 Å². The number of amides is 1. The van der Waals surface area contributed by atoms with E-state index in [0.29, 0.717) is 39.2 Å². The molecule has 0 aliphatic carbocycles. The number of hydrogen-bond acceptors (Lipinski definition) is 5. The maximum absolute atomic E-state index is 12.7. The molecule has 0 atom stereocenters. The Balaban J connectivity index is 1.83. The lowest BCUT2D eigenvalue weighted by atomic mass is 10.2. The van der Waals surface area contributed by atoms with Crippen LogP contribution in [0, 0.1) is 0 Å². The van der Waals surface area contributed by atoms with E-state index in [-0.39, 0.29) is 30.8 Å². The third kappa shape index (κ3) is 6.74. The molecule has 0 N–H and O–H groups in total. The molecule has 1 saturated heterocycles. The van der Waals surface area contributed by atoms with Gasteiger partial charge in [0.2, 0.25) is 0 Å². The van der Waals surface area contributed by atoms with Gasteiger partial charge in [0.15, 0.2) is 6.61 Å². The lowest BCUT2D eigenvalue weighted by Crippen LogP contribution is -2.39. The van der Waals surface area contributed by atoms with Crippen LogP contribution in [0.2, 0.25) is 0 Å². The van der Waals surface area contributed by atoms with Crippen molar-refractivity contribution in [1.82, 2.24) is 9.80 Å². The first-order chi connectivity index (χ1) is 12.8. The van der Waals surface area contributed by atoms with E-state index in [9.17, 15) is 22.8 Å². The molecule has 1 heterocycles. The molecule has 27 heavy (non-hydrogen) atoms. The fourth-order valence-electron chi connectivity index (χ4n) is 2.77. The summed E-state index contributed by atoms with van der Waals surface area (Å²) in [5.41, 5.74) is -0.822. The summed E-state index contributed by atoms with van der Waals surface area (Å²) in [5.74, 6) is -0.604. The quantitative estimate of drug-likeness (QED) is 0.700. The SMILES string of the molecule is CCOC(=O)CN1CCCN(C(=O)COc2cccc(C(F)(F)F)c2)CC1. The number of benzene rings is 1. The molecule has 1 aromatic rings. The fraction of sp³-hybridized carbons (Fsp3) is 0.556. The maximum atomic E-state index is 12.7. The second-order valence-electron chi connectivity index (χ2n) is 6.13. The highest BCUT2D eigenvalue weighted by molar-refractivity contribution is 5.77. The van der Waals surface area contributed by atoms with Crippen LogP contribution in [-0.2, 0) is 20.5 Å². The van der Waals surface area contributed by atoms with Gasteiger partial charge in [0.1, 0.15) is 5.75 Å². The van der Waals surface area contributed by atoms with Gasteiger partial charge in [0, 0.05) is 26.2 Å². The van der Waals surface area contributed by atoms with Crippen LogP contribution in [0.5, 0.6) is 5.75 Å². The van der Waals surface area contributed by atoms with Crippen molar-refractivity contribution < 1.29 is 32.2 Å². The number of esters is 1. The molecule has 0 aromatic heterocycles. The summed E-state index contributed by atoms with van der Waals surface area (Å²) >= 11 is 0. The van der Waals surface area contributed by atoms with E-state index < -0.39 is 11.7 Å². The average Bonchev–Trinajstić information content (AvgIpc) is 2.85. The first-order valence-corrected chi connectivity index (χ1v) is 8.75. The molecule has 0 spiro atoms. The molecular formula is C18H23F3N2O4. The van der Waals surface area contributed by atoms with Gasteiger partial charge in [-0.1, -0.05) is 6.07 Å². The number of halogens is 3. The highest BCUT2D eigenvalue weighted by Crippen LogP contribution is 2.31. The van der Waals surface area contributed by atoms with Crippen molar-refractivity contribution in [2.24, 2.45) is 0 Å². The second kappa shape index (κ2) is 9.59. The van der Waals surface area contributed by atoms with E-state index in [1.807, 2.05) is 4.90 Å². The standard InChI is InChI=1S/C18H23F3N2O4/c1-2-26-17(25)12-22-7-4-8-23(10-9-22)16(24)13-27-15-6-3-5-14(11-15)18(19,20)21/h3,5-6,11H,2,4,7-10,12-13H2,1H3. The van der Waals surface area contributed by atoms with E-state index in [2.05, 4.69) is 0 Å². The minimum atomic E-state index is -4.46. The topological polar surface area (TPSA) is 59.1 Å². The summed E-state index contributed by atoms with van der Waals surface area (Å²) in [5, 5.41) is 0. The first kappa shape index (κ1) is 21.0. The Labute approximate surface area is 155 Å². The molecule has 0 saturated carbocycles. The van der Waals surface area contributed by atoms with Gasteiger partial charge < -0.3 is 14.4 Å². The average molecular weight is 388 g/mol. The number of rotatable bonds is 6. The van der Waals surface area contributed by atoms with Gasteiger partial charge in [-0.25, -0.2) is 0 Å². The zero-order valence-electron chi connectivity index (χ0n) is 15.1. The number of carbonyl (C=O) groups is 2. The number of nitrogens with zero attached hydrogens (tertiary/aromatic N) is 2.